The van der Waals surface area contributed by atoms with Crippen molar-refractivity contribution >= 4 is 11.5 Å². The van der Waals surface area contributed by atoms with Gasteiger partial charge in [0.05, 0.1) is 6.54 Å². The van der Waals surface area contributed by atoms with Crippen molar-refractivity contribution in [1.29, 1.82) is 5.41 Å². The smallest absolute Gasteiger partial charge is 0.125 e. The molecule has 0 radical (unpaired) electrons. The minimum absolute atomic E-state index is 0.0747. The van der Waals surface area contributed by atoms with Gasteiger partial charge in [0.2, 0.25) is 0 Å². The van der Waals surface area contributed by atoms with Crippen LogP contribution in [-0.2, 0) is 6.54 Å². The second kappa shape index (κ2) is 6.06. The lowest BCUT2D eigenvalue weighted by molar-refractivity contribution is 0.902. The van der Waals surface area contributed by atoms with Gasteiger partial charge in [-0.05, 0) is 24.3 Å². The Morgan fingerprint density at radius 1 is 1.50 bits per heavy atom. The fourth-order valence-electron chi connectivity index (χ4n) is 1.78. The Balaban J connectivity index is 1.96. The molecule has 0 spiro atoms. The minimum Gasteiger partial charge on any atom is -0.384 e. The van der Waals surface area contributed by atoms with Crippen LogP contribution >= 0.6 is 0 Å². The van der Waals surface area contributed by atoms with E-state index in [0.29, 0.717) is 6.54 Å². The largest absolute Gasteiger partial charge is 0.384 e. The van der Waals surface area contributed by atoms with Gasteiger partial charge in [-0.3, -0.25) is 5.41 Å². The third kappa shape index (κ3) is 3.26. The Bertz CT molecular complexity index is 597. The Morgan fingerprint density at radius 2 is 2.20 bits per heavy atom. The monoisotopic (exact) mass is 269 g/mol. The molecule has 0 bridgehead atoms. The zero-order chi connectivity index (χ0) is 14.5. The number of amidine groups is 1. The Kier molecular flexibility index (Phi) is 4.20. The summed E-state index contributed by atoms with van der Waals surface area (Å²) in [6.07, 6.45) is 3.72. The molecule has 0 aliphatic carbocycles. The van der Waals surface area contributed by atoms with Crippen LogP contribution in [0.1, 0.15) is 29.9 Å². The minimum atomic E-state index is 0.0747. The summed E-state index contributed by atoms with van der Waals surface area (Å²) >= 11 is 0. The molecule has 1 aromatic carbocycles. The van der Waals surface area contributed by atoms with Crippen LogP contribution < -0.4 is 11.1 Å². The van der Waals surface area contributed by atoms with Crippen molar-refractivity contribution in [3.8, 4) is 0 Å². The van der Waals surface area contributed by atoms with Gasteiger partial charge >= 0.3 is 0 Å². The van der Waals surface area contributed by atoms with E-state index in [-0.39, 0.29) is 11.8 Å². The molecule has 0 aliphatic heterocycles. The number of imidazole rings is 1. The Morgan fingerprint density at radius 3 is 2.80 bits per heavy atom. The normalized spacial score (nSPS) is 11.8. The first-order chi connectivity index (χ1) is 9.60. The van der Waals surface area contributed by atoms with Gasteiger partial charge in [-0.15, -0.1) is 6.58 Å². The number of nitrogen functional groups attached to an aromatic ring is 1. The van der Waals surface area contributed by atoms with Crippen LogP contribution in [-0.4, -0.2) is 15.8 Å². The predicted octanol–water partition coefficient (Wildman–Crippen LogP) is 2.60. The first-order valence-corrected chi connectivity index (χ1v) is 6.45. The highest BCUT2D eigenvalue weighted by atomic mass is 15.0. The molecule has 5 N–H and O–H groups in total. The molecule has 1 atom stereocenters. The zero-order valence-electron chi connectivity index (χ0n) is 11.5. The van der Waals surface area contributed by atoms with Gasteiger partial charge in [0.1, 0.15) is 11.7 Å². The third-order valence-corrected chi connectivity index (χ3v) is 3.15. The molecule has 20 heavy (non-hydrogen) atoms. The molecule has 0 saturated heterocycles. The molecule has 1 unspecified atom stereocenters. The highest BCUT2D eigenvalue weighted by Gasteiger charge is 2.05. The SMILES string of the molecule is C=CC(C)c1cnc(CNc2ccc(C(=N)N)cc2)[nH]1. The summed E-state index contributed by atoms with van der Waals surface area (Å²) in [7, 11) is 0. The molecule has 0 saturated carbocycles. The van der Waals surface area contributed by atoms with Gasteiger partial charge in [0.25, 0.3) is 0 Å². The van der Waals surface area contributed by atoms with Crippen molar-refractivity contribution in [2.75, 3.05) is 5.32 Å². The van der Waals surface area contributed by atoms with Crippen molar-refractivity contribution in [3.63, 3.8) is 0 Å². The van der Waals surface area contributed by atoms with Gasteiger partial charge in [-0.1, -0.05) is 13.0 Å². The predicted molar refractivity (Wildman–Crippen MR) is 82.0 cm³/mol. The van der Waals surface area contributed by atoms with Crippen molar-refractivity contribution < 1.29 is 0 Å². The molecule has 1 aromatic heterocycles. The maximum Gasteiger partial charge on any atom is 0.125 e. The fourth-order valence-corrected chi connectivity index (χ4v) is 1.78. The van der Waals surface area contributed by atoms with E-state index in [0.717, 1.165) is 22.8 Å². The van der Waals surface area contributed by atoms with E-state index in [9.17, 15) is 0 Å². The van der Waals surface area contributed by atoms with Crippen LogP contribution in [0.2, 0.25) is 0 Å². The summed E-state index contributed by atoms with van der Waals surface area (Å²) in [5, 5.41) is 10.6. The number of H-pyrrole nitrogens is 1. The van der Waals surface area contributed by atoms with E-state index < -0.39 is 0 Å². The Labute approximate surface area is 118 Å². The fraction of sp³-hybridized carbons (Fsp3) is 0.200. The molecule has 0 amide bonds. The third-order valence-electron chi connectivity index (χ3n) is 3.15. The molecular weight excluding hydrogens is 250 g/mol. The number of hydrogen-bond donors (Lipinski definition) is 4. The quantitative estimate of drug-likeness (QED) is 0.369. The van der Waals surface area contributed by atoms with E-state index in [1.165, 1.54) is 0 Å². The number of aromatic amines is 1. The number of nitrogens with zero attached hydrogens (tertiary/aromatic N) is 1. The number of rotatable bonds is 6. The molecule has 0 aliphatic rings. The van der Waals surface area contributed by atoms with Crippen molar-refractivity contribution in [2.45, 2.75) is 19.4 Å². The molecule has 104 valence electrons. The highest BCUT2D eigenvalue weighted by molar-refractivity contribution is 5.95. The number of nitrogens with one attached hydrogen (secondary N) is 3. The molecule has 0 fully saturated rings. The van der Waals surface area contributed by atoms with E-state index in [2.05, 4.69) is 28.8 Å². The van der Waals surface area contributed by atoms with E-state index in [4.69, 9.17) is 11.1 Å². The summed E-state index contributed by atoms with van der Waals surface area (Å²) in [6, 6.07) is 7.43. The first kappa shape index (κ1) is 13.9. The lowest BCUT2D eigenvalue weighted by Gasteiger charge is -2.06. The van der Waals surface area contributed by atoms with Crippen LogP contribution in [0.15, 0.2) is 43.1 Å². The summed E-state index contributed by atoms with van der Waals surface area (Å²) in [4.78, 5) is 7.59. The number of benzene rings is 1. The standard InChI is InChI=1S/C15H19N5/c1-3-10(2)13-8-19-14(20-13)9-18-12-6-4-11(5-7-12)15(16)17/h3-8,10,18H,1,9H2,2H3,(H3,16,17)(H,19,20). The van der Waals surface area contributed by atoms with Crippen LogP contribution in [0, 0.1) is 5.41 Å². The maximum atomic E-state index is 7.34. The average Bonchev–Trinajstić information content (AvgIpc) is 2.93. The van der Waals surface area contributed by atoms with Crippen LogP contribution in [0.5, 0.6) is 0 Å². The number of nitrogens with two attached hydrogens (primary N) is 1. The molecule has 5 heteroatoms. The van der Waals surface area contributed by atoms with Gasteiger partial charge in [-0.25, -0.2) is 4.98 Å². The molecule has 1 heterocycles. The maximum absolute atomic E-state index is 7.34. The molecule has 2 aromatic rings. The van der Waals surface area contributed by atoms with Gasteiger partial charge < -0.3 is 16.0 Å². The van der Waals surface area contributed by atoms with Gasteiger partial charge in [0, 0.05) is 29.1 Å². The molecular formula is C15H19N5. The summed E-state index contributed by atoms with van der Waals surface area (Å²) in [5.74, 6) is 1.22. The summed E-state index contributed by atoms with van der Waals surface area (Å²) in [5.41, 5.74) is 8.15. The topological polar surface area (TPSA) is 90.6 Å². The van der Waals surface area contributed by atoms with Crippen LogP contribution in [0.25, 0.3) is 0 Å². The summed E-state index contributed by atoms with van der Waals surface area (Å²) < 4.78 is 0. The molecule has 5 nitrogen and oxygen atoms in total. The number of anilines is 1. The van der Waals surface area contributed by atoms with Crippen molar-refractivity contribution in [3.05, 3.63) is 60.2 Å². The van der Waals surface area contributed by atoms with E-state index in [1.54, 1.807) is 0 Å². The first-order valence-electron chi connectivity index (χ1n) is 6.45. The highest BCUT2D eigenvalue weighted by Crippen LogP contribution is 2.14. The van der Waals surface area contributed by atoms with Crippen LogP contribution in [0.4, 0.5) is 5.69 Å². The lowest BCUT2D eigenvalue weighted by atomic mass is 10.1. The lowest BCUT2D eigenvalue weighted by Crippen LogP contribution is -2.10. The van der Waals surface area contributed by atoms with Crippen molar-refractivity contribution in [2.24, 2.45) is 5.73 Å². The van der Waals surface area contributed by atoms with E-state index >= 15 is 0 Å². The van der Waals surface area contributed by atoms with E-state index in [1.807, 2.05) is 36.5 Å². The second-order valence-corrected chi connectivity index (χ2v) is 4.65. The second-order valence-electron chi connectivity index (χ2n) is 4.65. The average molecular weight is 269 g/mol. The summed E-state index contributed by atoms with van der Waals surface area (Å²) in [6.45, 7) is 6.45. The Hall–Kier alpha value is -2.56. The van der Waals surface area contributed by atoms with Gasteiger partial charge in [-0.2, -0.15) is 0 Å². The number of allylic oxidation sites excluding steroid dienone is 1. The molecule has 2 rings (SSSR count). The van der Waals surface area contributed by atoms with Gasteiger partial charge in [0.15, 0.2) is 0 Å². The zero-order valence-corrected chi connectivity index (χ0v) is 11.5. The van der Waals surface area contributed by atoms with Crippen LogP contribution in [0.3, 0.4) is 0 Å². The number of aromatic nitrogens is 2. The van der Waals surface area contributed by atoms with Crippen molar-refractivity contribution in [1.82, 2.24) is 9.97 Å². The number of hydrogen-bond acceptors (Lipinski definition) is 3.